The summed E-state index contributed by atoms with van der Waals surface area (Å²) in [6, 6.07) is 10.3. The molecule has 1 fully saturated rings. The summed E-state index contributed by atoms with van der Waals surface area (Å²) in [6.45, 7) is 3.07. The topological polar surface area (TPSA) is 49.6 Å². The number of nitrogens with zero attached hydrogens (tertiary/aromatic N) is 1. The van der Waals surface area contributed by atoms with Gasteiger partial charge in [0.15, 0.2) is 5.96 Å². The lowest BCUT2D eigenvalue weighted by Gasteiger charge is -2.16. The van der Waals surface area contributed by atoms with Gasteiger partial charge in [0.25, 0.3) is 0 Å². The van der Waals surface area contributed by atoms with Gasteiger partial charge in [-0.15, -0.1) is 0 Å². The van der Waals surface area contributed by atoms with Crippen molar-refractivity contribution in [3.8, 4) is 0 Å². The summed E-state index contributed by atoms with van der Waals surface area (Å²) in [5.74, 6) is 2.76. The molecule has 1 heterocycles. The van der Waals surface area contributed by atoms with Gasteiger partial charge in [-0.3, -0.25) is 4.99 Å². The van der Waals surface area contributed by atoms with Crippen molar-refractivity contribution in [3.05, 3.63) is 36.1 Å². The number of aliphatic imine (C=N–C) groups is 1. The maximum absolute atomic E-state index is 5.90. The molecule has 1 unspecified atom stereocenters. The molecule has 0 amide bonds. The molecule has 0 spiro atoms. The second-order valence-corrected chi connectivity index (χ2v) is 6.14. The van der Waals surface area contributed by atoms with E-state index in [-0.39, 0.29) is 6.04 Å². The molecule has 4 heteroatoms. The zero-order chi connectivity index (χ0) is 15.4. The van der Waals surface area contributed by atoms with E-state index in [9.17, 15) is 0 Å². The minimum Gasteiger partial charge on any atom is -0.459 e. The van der Waals surface area contributed by atoms with Gasteiger partial charge in [0.05, 0.1) is 6.04 Å². The van der Waals surface area contributed by atoms with Gasteiger partial charge in [0.1, 0.15) is 11.3 Å². The molecule has 22 heavy (non-hydrogen) atoms. The van der Waals surface area contributed by atoms with Crippen LogP contribution in [0.25, 0.3) is 11.0 Å². The van der Waals surface area contributed by atoms with E-state index in [4.69, 9.17) is 4.42 Å². The largest absolute Gasteiger partial charge is 0.459 e. The van der Waals surface area contributed by atoms with E-state index in [1.807, 2.05) is 25.2 Å². The predicted octanol–water partition coefficient (Wildman–Crippen LogP) is 3.85. The Morgan fingerprint density at radius 1 is 1.36 bits per heavy atom. The van der Waals surface area contributed by atoms with Crippen LogP contribution in [0.2, 0.25) is 0 Å². The molecule has 1 aliphatic rings. The highest BCUT2D eigenvalue weighted by Gasteiger charge is 2.20. The Morgan fingerprint density at radius 3 is 2.91 bits per heavy atom. The van der Waals surface area contributed by atoms with E-state index in [1.165, 1.54) is 25.7 Å². The molecule has 1 atom stereocenters. The number of hydrogen-bond acceptors (Lipinski definition) is 2. The number of rotatable bonds is 6. The first-order valence-electron chi connectivity index (χ1n) is 8.22. The molecule has 0 bridgehead atoms. The van der Waals surface area contributed by atoms with E-state index in [2.05, 4.69) is 34.7 Å². The van der Waals surface area contributed by atoms with Crippen molar-refractivity contribution in [2.45, 2.75) is 38.6 Å². The third kappa shape index (κ3) is 3.81. The second kappa shape index (κ2) is 6.86. The molecule has 3 rings (SSSR count). The Kier molecular flexibility index (Phi) is 4.66. The Labute approximate surface area is 132 Å². The first-order chi connectivity index (χ1) is 10.8. The number of benzene rings is 1. The molecule has 1 aliphatic carbocycles. The van der Waals surface area contributed by atoms with Gasteiger partial charge in [-0.25, -0.2) is 0 Å². The Balaban J connectivity index is 1.52. The number of furan rings is 1. The lowest BCUT2D eigenvalue weighted by molar-refractivity contribution is 0.488. The summed E-state index contributed by atoms with van der Waals surface area (Å²) in [6.07, 6.45) is 5.40. The third-order valence-electron chi connectivity index (χ3n) is 4.23. The molecule has 1 saturated carbocycles. The normalized spacial score (nSPS) is 16.7. The summed E-state index contributed by atoms with van der Waals surface area (Å²) < 4.78 is 5.90. The van der Waals surface area contributed by atoms with Gasteiger partial charge in [-0.05, 0) is 37.8 Å². The molecular weight excluding hydrogens is 274 g/mol. The van der Waals surface area contributed by atoms with Crippen molar-refractivity contribution >= 4 is 16.9 Å². The molecule has 1 aromatic heterocycles. The average molecular weight is 299 g/mol. The van der Waals surface area contributed by atoms with E-state index in [0.717, 1.165) is 35.2 Å². The van der Waals surface area contributed by atoms with Gasteiger partial charge in [0.2, 0.25) is 0 Å². The van der Waals surface area contributed by atoms with E-state index in [0.29, 0.717) is 0 Å². The molecule has 1 aromatic carbocycles. The van der Waals surface area contributed by atoms with Crippen LogP contribution in [0, 0.1) is 5.92 Å². The van der Waals surface area contributed by atoms with Gasteiger partial charge in [-0.2, -0.15) is 0 Å². The smallest absolute Gasteiger partial charge is 0.191 e. The molecule has 118 valence electrons. The molecule has 0 saturated heterocycles. The van der Waals surface area contributed by atoms with Crippen LogP contribution < -0.4 is 10.6 Å². The summed E-state index contributed by atoms with van der Waals surface area (Å²) in [5, 5.41) is 7.91. The second-order valence-electron chi connectivity index (χ2n) is 6.14. The standard InChI is InChI=1S/C18H25N3O/c1-13(17-12-15-7-3-4-8-16(15)22-17)21-18(19-2)20-11-5-6-14-9-10-14/h3-4,7-8,12-14H,5-6,9-11H2,1-2H3,(H2,19,20,21). The lowest BCUT2D eigenvalue weighted by atomic mass is 10.2. The molecule has 4 nitrogen and oxygen atoms in total. The molecule has 2 aromatic rings. The predicted molar refractivity (Wildman–Crippen MR) is 91.1 cm³/mol. The Bertz CT molecular complexity index is 610. The average Bonchev–Trinajstić information content (AvgIpc) is 3.25. The van der Waals surface area contributed by atoms with Crippen molar-refractivity contribution in [1.82, 2.24) is 10.6 Å². The van der Waals surface area contributed by atoms with Crippen LogP contribution in [0.4, 0.5) is 0 Å². The van der Waals surface area contributed by atoms with Crippen LogP contribution in [0.1, 0.15) is 44.4 Å². The molecular formula is C18H25N3O. The van der Waals surface area contributed by atoms with Crippen LogP contribution >= 0.6 is 0 Å². The van der Waals surface area contributed by atoms with Gasteiger partial charge in [-0.1, -0.05) is 31.0 Å². The SMILES string of the molecule is CN=C(NCCCC1CC1)NC(C)c1cc2ccccc2o1. The highest BCUT2D eigenvalue weighted by Crippen LogP contribution is 2.33. The lowest BCUT2D eigenvalue weighted by Crippen LogP contribution is -2.39. The fourth-order valence-electron chi connectivity index (χ4n) is 2.69. The van der Waals surface area contributed by atoms with E-state index in [1.54, 1.807) is 0 Å². The van der Waals surface area contributed by atoms with Crippen LogP contribution in [0.15, 0.2) is 39.7 Å². The van der Waals surface area contributed by atoms with Crippen molar-refractivity contribution in [1.29, 1.82) is 0 Å². The van der Waals surface area contributed by atoms with Crippen molar-refractivity contribution in [2.24, 2.45) is 10.9 Å². The summed E-state index contributed by atoms with van der Waals surface area (Å²) >= 11 is 0. The number of nitrogens with one attached hydrogen (secondary N) is 2. The zero-order valence-corrected chi connectivity index (χ0v) is 13.4. The van der Waals surface area contributed by atoms with E-state index >= 15 is 0 Å². The van der Waals surface area contributed by atoms with Crippen molar-refractivity contribution in [2.75, 3.05) is 13.6 Å². The van der Waals surface area contributed by atoms with Gasteiger partial charge < -0.3 is 15.1 Å². The summed E-state index contributed by atoms with van der Waals surface area (Å²) in [5.41, 5.74) is 0.929. The zero-order valence-electron chi connectivity index (χ0n) is 13.4. The molecule has 0 radical (unpaired) electrons. The highest BCUT2D eigenvalue weighted by atomic mass is 16.3. The maximum atomic E-state index is 5.90. The number of para-hydroxylation sites is 1. The first kappa shape index (κ1) is 14.9. The first-order valence-corrected chi connectivity index (χ1v) is 8.22. The van der Waals surface area contributed by atoms with Gasteiger partial charge >= 0.3 is 0 Å². The fourth-order valence-corrected chi connectivity index (χ4v) is 2.69. The van der Waals surface area contributed by atoms with Crippen molar-refractivity contribution in [3.63, 3.8) is 0 Å². The minimum absolute atomic E-state index is 0.0852. The van der Waals surface area contributed by atoms with E-state index < -0.39 is 0 Å². The highest BCUT2D eigenvalue weighted by molar-refractivity contribution is 5.81. The molecule has 2 N–H and O–H groups in total. The van der Waals surface area contributed by atoms with Crippen LogP contribution in [-0.2, 0) is 0 Å². The summed E-state index contributed by atoms with van der Waals surface area (Å²) in [7, 11) is 1.81. The van der Waals surface area contributed by atoms with Crippen LogP contribution in [0.5, 0.6) is 0 Å². The fraction of sp³-hybridized carbons (Fsp3) is 0.500. The Morgan fingerprint density at radius 2 is 2.18 bits per heavy atom. The monoisotopic (exact) mass is 299 g/mol. The Hall–Kier alpha value is -1.97. The number of hydrogen-bond donors (Lipinski definition) is 2. The molecule has 0 aliphatic heterocycles. The van der Waals surface area contributed by atoms with Crippen LogP contribution in [-0.4, -0.2) is 19.6 Å². The van der Waals surface area contributed by atoms with Crippen LogP contribution in [0.3, 0.4) is 0 Å². The van der Waals surface area contributed by atoms with Crippen molar-refractivity contribution < 1.29 is 4.42 Å². The van der Waals surface area contributed by atoms with Gasteiger partial charge in [0, 0.05) is 19.0 Å². The number of fused-ring (bicyclic) bond motifs is 1. The minimum atomic E-state index is 0.0852. The maximum Gasteiger partial charge on any atom is 0.191 e. The quantitative estimate of drug-likeness (QED) is 0.484. The number of guanidine groups is 1. The summed E-state index contributed by atoms with van der Waals surface area (Å²) in [4.78, 5) is 4.29. The third-order valence-corrected chi connectivity index (χ3v) is 4.23.